The number of nitrogens with zero attached hydrogens (tertiary/aromatic N) is 1. The summed E-state index contributed by atoms with van der Waals surface area (Å²) in [5.74, 6) is -0.503. The van der Waals surface area contributed by atoms with Crippen LogP contribution in [-0.2, 0) is 16.0 Å². The molecule has 1 amide bonds. The maximum absolute atomic E-state index is 12.6. The predicted molar refractivity (Wildman–Crippen MR) is 113 cm³/mol. The van der Waals surface area contributed by atoms with Gasteiger partial charge in [0.1, 0.15) is 5.75 Å². The van der Waals surface area contributed by atoms with Crippen LogP contribution in [0, 0.1) is 5.92 Å². The minimum atomic E-state index is -0.495. The van der Waals surface area contributed by atoms with Crippen LogP contribution in [0.15, 0.2) is 78.9 Å². The molecule has 4 nitrogen and oxygen atoms in total. The Morgan fingerprint density at radius 1 is 0.966 bits per heavy atom. The van der Waals surface area contributed by atoms with Crippen LogP contribution >= 0.6 is 11.6 Å². The molecule has 1 aliphatic heterocycles. The molecular weight excluding hydrogens is 386 g/mol. The second kappa shape index (κ2) is 8.50. The Kier molecular flexibility index (Phi) is 5.63. The van der Waals surface area contributed by atoms with E-state index in [1.165, 1.54) is 5.56 Å². The molecule has 29 heavy (non-hydrogen) atoms. The molecule has 146 valence electrons. The van der Waals surface area contributed by atoms with E-state index >= 15 is 0 Å². The summed E-state index contributed by atoms with van der Waals surface area (Å²) in [5.41, 5.74) is 3.06. The average Bonchev–Trinajstić information content (AvgIpc) is 3.12. The molecule has 0 aromatic heterocycles. The number of hydrogen-bond donors (Lipinski definition) is 0. The summed E-state index contributed by atoms with van der Waals surface area (Å²) in [5, 5.41) is 0.553. The Hall–Kier alpha value is -3.11. The number of rotatable bonds is 5. The van der Waals surface area contributed by atoms with Crippen LogP contribution in [-0.4, -0.2) is 18.4 Å². The molecule has 0 saturated carbocycles. The number of benzene rings is 3. The van der Waals surface area contributed by atoms with Crippen LogP contribution < -0.4 is 9.64 Å². The summed E-state index contributed by atoms with van der Waals surface area (Å²) < 4.78 is 5.52. The van der Waals surface area contributed by atoms with Gasteiger partial charge in [-0.05, 0) is 47.9 Å². The summed E-state index contributed by atoms with van der Waals surface area (Å²) in [6, 6.07) is 24.7. The average molecular weight is 406 g/mol. The fourth-order valence-electron chi connectivity index (χ4n) is 3.47. The Morgan fingerprint density at radius 2 is 1.69 bits per heavy atom. The highest BCUT2D eigenvalue weighted by Crippen LogP contribution is 2.28. The molecule has 4 rings (SSSR count). The number of anilines is 1. The third-order valence-corrected chi connectivity index (χ3v) is 5.21. The van der Waals surface area contributed by atoms with Crippen LogP contribution in [0.1, 0.15) is 17.5 Å². The fourth-order valence-corrected chi connectivity index (χ4v) is 3.65. The van der Waals surface area contributed by atoms with Crippen LogP contribution in [0.4, 0.5) is 5.69 Å². The van der Waals surface area contributed by atoms with Crippen molar-refractivity contribution in [3.05, 3.63) is 95.0 Å². The van der Waals surface area contributed by atoms with Crippen molar-refractivity contribution >= 4 is 29.2 Å². The molecule has 1 atom stereocenters. The van der Waals surface area contributed by atoms with E-state index in [2.05, 4.69) is 12.1 Å². The van der Waals surface area contributed by atoms with Crippen molar-refractivity contribution in [2.75, 3.05) is 11.4 Å². The molecule has 5 heteroatoms. The lowest BCUT2D eigenvalue weighted by atomic mass is 10.1. The first-order valence-corrected chi connectivity index (χ1v) is 9.87. The van der Waals surface area contributed by atoms with Gasteiger partial charge in [0.15, 0.2) is 0 Å². The number of halogens is 1. The van der Waals surface area contributed by atoms with Gasteiger partial charge in [0.25, 0.3) is 0 Å². The third kappa shape index (κ3) is 4.66. The van der Waals surface area contributed by atoms with Gasteiger partial charge in [-0.15, -0.1) is 0 Å². The number of carbonyl (C=O) groups excluding carboxylic acids is 2. The topological polar surface area (TPSA) is 46.6 Å². The van der Waals surface area contributed by atoms with Gasteiger partial charge >= 0.3 is 5.97 Å². The number of ether oxygens (including phenoxy) is 1. The standard InChI is InChI=1S/C24H20ClNO3/c25-20-7-4-8-21(15-20)26-16-19(14-23(26)27)24(28)29-22-11-9-18(10-12-22)13-17-5-2-1-3-6-17/h1-12,15,19H,13-14,16H2/t19-/m0/s1. The van der Waals surface area contributed by atoms with Crippen LogP contribution in [0.25, 0.3) is 0 Å². The highest BCUT2D eigenvalue weighted by Gasteiger charge is 2.36. The van der Waals surface area contributed by atoms with E-state index in [1.54, 1.807) is 35.2 Å². The predicted octanol–water partition coefficient (Wildman–Crippen LogP) is 4.89. The van der Waals surface area contributed by atoms with E-state index in [0.717, 1.165) is 12.0 Å². The second-order valence-electron chi connectivity index (χ2n) is 7.11. The molecular formula is C24H20ClNO3. The van der Waals surface area contributed by atoms with Gasteiger partial charge in [-0.25, -0.2) is 0 Å². The first kappa shape index (κ1) is 19.2. The number of carbonyl (C=O) groups is 2. The van der Waals surface area contributed by atoms with Gasteiger partial charge in [-0.3, -0.25) is 9.59 Å². The zero-order chi connectivity index (χ0) is 20.2. The van der Waals surface area contributed by atoms with Crippen molar-refractivity contribution < 1.29 is 14.3 Å². The summed E-state index contributed by atoms with van der Waals surface area (Å²) in [6.07, 6.45) is 0.957. The summed E-state index contributed by atoms with van der Waals surface area (Å²) in [6.45, 7) is 0.296. The molecule has 0 radical (unpaired) electrons. The number of esters is 1. The molecule has 1 heterocycles. The summed E-state index contributed by atoms with van der Waals surface area (Å²) in [7, 11) is 0. The van der Waals surface area contributed by atoms with Crippen molar-refractivity contribution in [2.45, 2.75) is 12.8 Å². The van der Waals surface area contributed by atoms with Crippen molar-refractivity contribution in [1.29, 1.82) is 0 Å². The van der Waals surface area contributed by atoms with Gasteiger partial charge in [0, 0.05) is 23.7 Å². The number of amides is 1. The van der Waals surface area contributed by atoms with E-state index in [1.807, 2.05) is 36.4 Å². The molecule has 3 aromatic rings. The lowest BCUT2D eigenvalue weighted by molar-refractivity contribution is -0.139. The quantitative estimate of drug-likeness (QED) is 0.448. The van der Waals surface area contributed by atoms with E-state index in [-0.39, 0.29) is 12.3 Å². The molecule has 0 spiro atoms. The SMILES string of the molecule is O=C(Oc1ccc(Cc2ccccc2)cc1)[C@H]1CC(=O)N(c2cccc(Cl)c2)C1. The van der Waals surface area contributed by atoms with Gasteiger partial charge < -0.3 is 9.64 Å². The maximum Gasteiger partial charge on any atom is 0.316 e. The monoisotopic (exact) mass is 405 g/mol. The van der Waals surface area contributed by atoms with E-state index in [9.17, 15) is 9.59 Å². The second-order valence-corrected chi connectivity index (χ2v) is 7.55. The van der Waals surface area contributed by atoms with Crippen molar-refractivity contribution in [3.63, 3.8) is 0 Å². The maximum atomic E-state index is 12.6. The van der Waals surface area contributed by atoms with Crippen molar-refractivity contribution in [3.8, 4) is 5.75 Å². The molecule has 1 fully saturated rings. The Balaban J connectivity index is 1.37. The summed E-state index contributed by atoms with van der Waals surface area (Å²) in [4.78, 5) is 26.5. The lowest BCUT2D eigenvalue weighted by Gasteiger charge is -2.16. The minimum Gasteiger partial charge on any atom is -0.426 e. The van der Waals surface area contributed by atoms with Crippen LogP contribution in [0.2, 0.25) is 5.02 Å². The highest BCUT2D eigenvalue weighted by molar-refractivity contribution is 6.31. The molecule has 1 aliphatic rings. The molecule has 0 N–H and O–H groups in total. The van der Waals surface area contributed by atoms with Gasteiger partial charge in [-0.1, -0.05) is 60.1 Å². The first-order chi connectivity index (χ1) is 14.1. The molecule has 0 aliphatic carbocycles. The largest absolute Gasteiger partial charge is 0.426 e. The summed E-state index contributed by atoms with van der Waals surface area (Å²) >= 11 is 6.01. The molecule has 1 saturated heterocycles. The van der Waals surface area contributed by atoms with E-state index in [0.29, 0.717) is 23.0 Å². The minimum absolute atomic E-state index is 0.104. The fraction of sp³-hybridized carbons (Fsp3) is 0.167. The van der Waals surface area contributed by atoms with Crippen LogP contribution in [0.3, 0.4) is 0 Å². The molecule has 0 bridgehead atoms. The Morgan fingerprint density at radius 3 is 2.41 bits per heavy atom. The van der Waals surface area contributed by atoms with E-state index in [4.69, 9.17) is 16.3 Å². The lowest BCUT2D eigenvalue weighted by Crippen LogP contribution is -2.27. The Bertz CT molecular complexity index is 1020. The smallest absolute Gasteiger partial charge is 0.316 e. The van der Waals surface area contributed by atoms with Gasteiger partial charge in [0.2, 0.25) is 5.91 Å². The normalized spacial score (nSPS) is 16.1. The van der Waals surface area contributed by atoms with E-state index < -0.39 is 11.9 Å². The number of hydrogen-bond acceptors (Lipinski definition) is 3. The zero-order valence-electron chi connectivity index (χ0n) is 15.8. The van der Waals surface area contributed by atoms with Crippen LogP contribution in [0.5, 0.6) is 5.75 Å². The zero-order valence-corrected chi connectivity index (χ0v) is 16.5. The van der Waals surface area contributed by atoms with Gasteiger partial charge in [-0.2, -0.15) is 0 Å². The third-order valence-electron chi connectivity index (χ3n) is 4.97. The first-order valence-electron chi connectivity index (χ1n) is 9.49. The van der Waals surface area contributed by atoms with Crippen molar-refractivity contribution in [2.24, 2.45) is 5.92 Å². The molecule has 3 aromatic carbocycles. The van der Waals surface area contributed by atoms with Gasteiger partial charge in [0.05, 0.1) is 5.92 Å². The molecule has 0 unspecified atom stereocenters. The van der Waals surface area contributed by atoms with Crippen molar-refractivity contribution in [1.82, 2.24) is 0 Å². The highest BCUT2D eigenvalue weighted by atomic mass is 35.5. The Labute approximate surface area is 174 Å².